The first kappa shape index (κ1) is 15.0. The first-order chi connectivity index (χ1) is 10.4. The van der Waals surface area contributed by atoms with Gasteiger partial charge in [0, 0.05) is 18.0 Å². The fourth-order valence-electron chi connectivity index (χ4n) is 3.05. The monoisotopic (exact) mass is 321 g/mol. The molecule has 1 aliphatic heterocycles. The van der Waals surface area contributed by atoms with Gasteiger partial charge in [-0.1, -0.05) is 0 Å². The number of hydrogen-bond acceptors (Lipinski definition) is 4. The topological polar surface area (TPSA) is 83.1 Å². The highest BCUT2D eigenvalue weighted by Crippen LogP contribution is 2.22. The van der Waals surface area contributed by atoms with Gasteiger partial charge < -0.3 is 4.90 Å². The van der Waals surface area contributed by atoms with Crippen molar-refractivity contribution in [1.29, 1.82) is 0 Å². The number of amides is 1. The summed E-state index contributed by atoms with van der Waals surface area (Å²) in [5.74, 6) is 0.0352. The largest absolute Gasteiger partial charge is 0.335 e. The van der Waals surface area contributed by atoms with Gasteiger partial charge in [0.25, 0.3) is 5.91 Å². The van der Waals surface area contributed by atoms with Crippen molar-refractivity contribution in [3.63, 3.8) is 0 Å². The Morgan fingerprint density at radius 2 is 2.18 bits per heavy atom. The van der Waals surface area contributed by atoms with Gasteiger partial charge in [-0.3, -0.25) is 9.89 Å². The zero-order valence-corrected chi connectivity index (χ0v) is 13.5. The molecule has 0 spiro atoms. The van der Waals surface area contributed by atoms with E-state index in [2.05, 4.69) is 10.2 Å². The number of sulfone groups is 1. The van der Waals surface area contributed by atoms with Gasteiger partial charge in [-0.05, 0) is 38.0 Å². The van der Waals surface area contributed by atoms with Crippen LogP contribution in [0.3, 0.4) is 0 Å². The molecule has 1 fully saturated rings. The number of aromatic nitrogens is 2. The third-order valence-electron chi connectivity index (χ3n) is 4.07. The zero-order valence-electron chi connectivity index (χ0n) is 12.7. The number of carbonyl (C=O) groups excluding carboxylic acids is 1. The van der Waals surface area contributed by atoms with Crippen LogP contribution in [0.25, 0.3) is 10.9 Å². The van der Waals surface area contributed by atoms with E-state index in [4.69, 9.17) is 0 Å². The van der Waals surface area contributed by atoms with Crippen LogP contribution in [0.4, 0.5) is 0 Å². The fourth-order valence-corrected chi connectivity index (χ4v) is 4.70. The van der Waals surface area contributed by atoms with Crippen LogP contribution >= 0.6 is 0 Å². The Balaban J connectivity index is 2.00. The first-order valence-electron chi connectivity index (χ1n) is 7.32. The normalized spacial score (nSPS) is 21.7. The lowest BCUT2D eigenvalue weighted by Gasteiger charge is -2.27. The van der Waals surface area contributed by atoms with E-state index in [1.54, 1.807) is 18.0 Å². The van der Waals surface area contributed by atoms with Crippen molar-refractivity contribution in [1.82, 2.24) is 15.1 Å². The number of carbonyl (C=O) groups is 1. The quantitative estimate of drug-likeness (QED) is 0.863. The molecule has 1 amide bonds. The summed E-state index contributed by atoms with van der Waals surface area (Å²) < 4.78 is 23.7. The van der Waals surface area contributed by atoms with E-state index in [0.717, 1.165) is 10.9 Å². The summed E-state index contributed by atoms with van der Waals surface area (Å²) >= 11 is 0. The number of fused-ring (bicyclic) bond motifs is 1. The van der Waals surface area contributed by atoms with Gasteiger partial charge in [0.2, 0.25) is 0 Å². The molecule has 1 unspecified atom stereocenters. The molecule has 1 aliphatic rings. The van der Waals surface area contributed by atoms with E-state index in [0.29, 0.717) is 24.0 Å². The third kappa shape index (κ3) is 2.72. The van der Waals surface area contributed by atoms with Crippen LogP contribution in [-0.4, -0.2) is 53.5 Å². The van der Waals surface area contributed by atoms with Crippen LogP contribution in [0.1, 0.15) is 29.3 Å². The third-order valence-corrected chi connectivity index (χ3v) is 5.97. The second-order valence-electron chi connectivity index (χ2n) is 5.96. The zero-order chi connectivity index (χ0) is 15.9. The van der Waals surface area contributed by atoms with E-state index in [9.17, 15) is 13.2 Å². The summed E-state index contributed by atoms with van der Waals surface area (Å²) in [6.07, 6.45) is 2.17. The van der Waals surface area contributed by atoms with Crippen molar-refractivity contribution in [2.45, 2.75) is 26.3 Å². The highest BCUT2D eigenvalue weighted by Gasteiger charge is 2.30. The summed E-state index contributed by atoms with van der Waals surface area (Å²) in [5.41, 5.74) is 2.24. The molecule has 22 heavy (non-hydrogen) atoms. The van der Waals surface area contributed by atoms with Gasteiger partial charge in [-0.15, -0.1) is 0 Å². The number of hydrogen-bond donors (Lipinski definition) is 1. The number of nitrogens with zero attached hydrogens (tertiary/aromatic N) is 2. The fraction of sp³-hybridized carbons (Fsp3) is 0.467. The summed E-state index contributed by atoms with van der Waals surface area (Å²) in [6, 6.07) is 3.47. The Kier molecular flexibility index (Phi) is 3.68. The van der Waals surface area contributed by atoms with Gasteiger partial charge in [0.05, 0.1) is 28.8 Å². The number of rotatable bonds is 1. The van der Waals surface area contributed by atoms with E-state index in [-0.39, 0.29) is 23.5 Å². The van der Waals surface area contributed by atoms with Gasteiger partial charge in [-0.2, -0.15) is 5.10 Å². The Morgan fingerprint density at radius 1 is 1.41 bits per heavy atom. The summed E-state index contributed by atoms with van der Waals surface area (Å²) in [5, 5.41) is 7.75. The molecule has 0 radical (unpaired) electrons. The lowest BCUT2D eigenvalue weighted by atomic mass is 10.1. The van der Waals surface area contributed by atoms with E-state index in [1.807, 2.05) is 19.1 Å². The van der Waals surface area contributed by atoms with Crippen molar-refractivity contribution < 1.29 is 13.2 Å². The minimum atomic E-state index is -3.07. The molecule has 7 heteroatoms. The standard InChI is InChI=1S/C15H19N3O3S/c1-10-6-12-8-16-17-14(12)13(7-10)15(19)18-4-3-5-22(20,21)9-11(18)2/h6-8,11H,3-5,9H2,1-2H3,(H,16,17). The van der Waals surface area contributed by atoms with Crippen LogP contribution in [0.2, 0.25) is 0 Å². The maximum Gasteiger partial charge on any atom is 0.256 e. The van der Waals surface area contributed by atoms with Crippen LogP contribution in [-0.2, 0) is 9.84 Å². The molecule has 1 aromatic heterocycles. The highest BCUT2D eigenvalue weighted by molar-refractivity contribution is 7.91. The SMILES string of the molecule is Cc1cc(C(=O)N2CCCS(=O)(=O)CC2C)c2[nH]ncc2c1. The smallest absolute Gasteiger partial charge is 0.256 e. The predicted molar refractivity (Wildman–Crippen MR) is 84.6 cm³/mol. The van der Waals surface area contributed by atoms with Crippen LogP contribution < -0.4 is 0 Å². The van der Waals surface area contributed by atoms with Crippen LogP contribution in [0, 0.1) is 6.92 Å². The van der Waals surface area contributed by atoms with Crippen molar-refractivity contribution >= 4 is 26.6 Å². The predicted octanol–water partition coefficient (Wildman–Crippen LogP) is 1.52. The summed E-state index contributed by atoms with van der Waals surface area (Å²) in [4.78, 5) is 14.6. The molecular weight excluding hydrogens is 302 g/mol. The molecule has 0 saturated carbocycles. The molecular formula is C15H19N3O3S. The Morgan fingerprint density at radius 3 is 2.95 bits per heavy atom. The Hall–Kier alpha value is -1.89. The van der Waals surface area contributed by atoms with Gasteiger partial charge in [0.15, 0.2) is 9.84 Å². The van der Waals surface area contributed by atoms with Crippen molar-refractivity contribution in [3.05, 3.63) is 29.5 Å². The molecule has 118 valence electrons. The molecule has 1 N–H and O–H groups in total. The van der Waals surface area contributed by atoms with Crippen LogP contribution in [0.15, 0.2) is 18.3 Å². The van der Waals surface area contributed by atoms with Gasteiger partial charge in [-0.25, -0.2) is 8.42 Å². The molecule has 1 aromatic carbocycles. The van der Waals surface area contributed by atoms with Crippen molar-refractivity contribution in [2.75, 3.05) is 18.1 Å². The van der Waals surface area contributed by atoms with Gasteiger partial charge >= 0.3 is 0 Å². The number of nitrogens with one attached hydrogen (secondary N) is 1. The second kappa shape index (κ2) is 5.39. The average Bonchev–Trinajstić information content (AvgIpc) is 2.83. The van der Waals surface area contributed by atoms with Crippen molar-refractivity contribution in [2.24, 2.45) is 0 Å². The van der Waals surface area contributed by atoms with Gasteiger partial charge in [0.1, 0.15) is 0 Å². The lowest BCUT2D eigenvalue weighted by molar-refractivity contribution is 0.0714. The van der Waals surface area contributed by atoms with E-state index < -0.39 is 9.84 Å². The Labute approximate surface area is 129 Å². The number of benzene rings is 1. The Bertz CT molecular complexity index is 826. The molecule has 0 bridgehead atoms. The minimum absolute atomic E-state index is 0.0245. The lowest BCUT2D eigenvalue weighted by Crippen LogP contribution is -2.41. The first-order valence-corrected chi connectivity index (χ1v) is 9.14. The summed E-state index contributed by atoms with van der Waals surface area (Å²) in [7, 11) is -3.07. The van der Waals surface area contributed by atoms with Crippen molar-refractivity contribution in [3.8, 4) is 0 Å². The molecule has 1 saturated heterocycles. The molecule has 2 aromatic rings. The molecule has 6 nitrogen and oxygen atoms in total. The maximum atomic E-state index is 12.9. The van der Waals surface area contributed by atoms with E-state index in [1.165, 1.54) is 0 Å². The molecule has 1 atom stereocenters. The number of H-pyrrole nitrogens is 1. The minimum Gasteiger partial charge on any atom is -0.335 e. The molecule has 3 rings (SSSR count). The summed E-state index contributed by atoms with van der Waals surface area (Å²) in [6.45, 7) is 4.18. The van der Waals surface area contributed by atoms with E-state index >= 15 is 0 Å². The number of aryl methyl sites for hydroxylation is 1. The number of aromatic amines is 1. The molecule has 2 heterocycles. The maximum absolute atomic E-state index is 12.9. The highest BCUT2D eigenvalue weighted by atomic mass is 32.2. The van der Waals surface area contributed by atoms with Crippen LogP contribution in [0.5, 0.6) is 0 Å². The average molecular weight is 321 g/mol. The molecule has 0 aliphatic carbocycles. The second-order valence-corrected chi connectivity index (χ2v) is 8.19.